The standard InChI is InChI=1S/C12H18F3N5/c13-12(14,15)11-18-17-10-7-19(5-6-20(10)11)9-4-2-1-3-8(9)16/h8-9H,1-7,16H2. The summed E-state index contributed by atoms with van der Waals surface area (Å²) in [5.41, 5.74) is 6.14. The molecule has 0 aromatic carbocycles. The Bertz CT molecular complexity index is 484. The van der Waals surface area contributed by atoms with Crippen molar-refractivity contribution in [3.05, 3.63) is 11.6 Å². The van der Waals surface area contributed by atoms with Gasteiger partial charge in [0.1, 0.15) is 5.82 Å². The maximum absolute atomic E-state index is 12.8. The van der Waals surface area contributed by atoms with Crippen LogP contribution in [-0.4, -0.2) is 38.3 Å². The summed E-state index contributed by atoms with van der Waals surface area (Å²) in [6.07, 6.45) is -0.160. The van der Waals surface area contributed by atoms with E-state index in [-0.39, 0.29) is 18.6 Å². The first kappa shape index (κ1) is 13.8. The Morgan fingerprint density at radius 3 is 2.55 bits per heavy atom. The van der Waals surface area contributed by atoms with Gasteiger partial charge in [-0.25, -0.2) is 0 Å². The summed E-state index contributed by atoms with van der Waals surface area (Å²) in [6, 6.07) is 0.365. The zero-order valence-corrected chi connectivity index (χ0v) is 11.1. The molecular weight excluding hydrogens is 271 g/mol. The molecule has 0 bridgehead atoms. The molecule has 1 saturated carbocycles. The van der Waals surface area contributed by atoms with Gasteiger partial charge in [0.05, 0.1) is 6.54 Å². The molecule has 2 aliphatic rings. The van der Waals surface area contributed by atoms with Gasteiger partial charge in [-0.05, 0) is 12.8 Å². The van der Waals surface area contributed by atoms with Crippen molar-refractivity contribution in [1.82, 2.24) is 19.7 Å². The van der Waals surface area contributed by atoms with Crippen LogP contribution in [0.3, 0.4) is 0 Å². The van der Waals surface area contributed by atoms with Crippen molar-refractivity contribution in [1.29, 1.82) is 0 Å². The third kappa shape index (κ3) is 2.42. The van der Waals surface area contributed by atoms with Crippen LogP contribution in [0.25, 0.3) is 0 Å². The lowest BCUT2D eigenvalue weighted by molar-refractivity contribution is -0.148. The number of fused-ring (bicyclic) bond motifs is 1. The van der Waals surface area contributed by atoms with Crippen LogP contribution < -0.4 is 5.73 Å². The summed E-state index contributed by atoms with van der Waals surface area (Å²) in [6.45, 7) is 1.26. The van der Waals surface area contributed by atoms with E-state index in [4.69, 9.17) is 5.73 Å². The second-order valence-electron chi connectivity index (χ2n) is 5.58. The van der Waals surface area contributed by atoms with Crippen molar-refractivity contribution in [2.75, 3.05) is 6.54 Å². The molecule has 2 N–H and O–H groups in total. The summed E-state index contributed by atoms with van der Waals surface area (Å²) in [7, 11) is 0. The first-order valence-electron chi connectivity index (χ1n) is 6.95. The highest BCUT2D eigenvalue weighted by molar-refractivity contribution is 5.03. The highest BCUT2D eigenvalue weighted by Crippen LogP contribution is 2.31. The maximum Gasteiger partial charge on any atom is 0.451 e. The zero-order valence-electron chi connectivity index (χ0n) is 11.1. The largest absolute Gasteiger partial charge is 0.451 e. The quantitative estimate of drug-likeness (QED) is 0.848. The molecule has 1 fully saturated rings. The van der Waals surface area contributed by atoms with E-state index >= 15 is 0 Å². The molecule has 112 valence electrons. The van der Waals surface area contributed by atoms with Crippen LogP contribution in [0.4, 0.5) is 13.2 Å². The van der Waals surface area contributed by atoms with Gasteiger partial charge < -0.3 is 10.3 Å². The molecule has 0 amide bonds. The van der Waals surface area contributed by atoms with Gasteiger partial charge in [-0.2, -0.15) is 13.2 Å². The Labute approximate surface area is 114 Å². The molecule has 5 nitrogen and oxygen atoms in total. The van der Waals surface area contributed by atoms with E-state index in [0.717, 1.165) is 25.7 Å². The lowest BCUT2D eigenvalue weighted by Gasteiger charge is -2.40. The van der Waals surface area contributed by atoms with Gasteiger partial charge in [0.25, 0.3) is 0 Å². The molecule has 20 heavy (non-hydrogen) atoms. The van der Waals surface area contributed by atoms with Crippen LogP contribution >= 0.6 is 0 Å². The van der Waals surface area contributed by atoms with Crippen molar-refractivity contribution in [2.45, 2.75) is 57.0 Å². The zero-order chi connectivity index (χ0) is 14.3. The molecule has 0 radical (unpaired) electrons. The Morgan fingerprint density at radius 2 is 1.85 bits per heavy atom. The molecule has 1 aromatic rings. The molecule has 1 aliphatic carbocycles. The molecule has 2 unspecified atom stereocenters. The molecular formula is C12H18F3N5. The molecule has 3 rings (SSSR count). The van der Waals surface area contributed by atoms with Gasteiger partial charge in [-0.1, -0.05) is 12.8 Å². The highest BCUT2D eigenvalue weighted by Gasteiger charge is 2.40. The number of nitrogens with two attached hydrogens (primary N) is 1. The number of rotatable bonds is 1. The van der Waals surface area contributed by atoms with Crippen LogP contribution in [0.2, 0.25) is 0 Å². The average molecular weight is 289 g/mol. The van der Waals surface area contributed by atoms with Crippen molar-refractivity contribution < 1.29 is 13.2 Å². The molecule has 0 spiro atoms. The summed E-state index contributed by atoms with van der Waals surface area (Å²) in [5, 5.41) is 7.00. The number of hydrogen-bond acceptors (Lipinski definition) is 4. The fraction of sp³-hybridized carbons (Fsp3) is 0.833. The van der Waals surface area contributed by atoms with Crippen LogP contribution in [-0.2, 0) is 19.3 Å². The molecule has 0 saturated heterocycles. The first-order chi connectivity index (χ1) is 9.47. The Balaban J connectivity index is 1.78. The predicted molar refractivity (Wildman–Crippen MR) is 65.7 cm³/mol. The normalized spacial score (nSPS) is 28.4. The summed E-state index contributed by atoms with van der Waals surface area (Å²) < 4.78 is 39.5. The van der Waals surface area contributed by atoms with E-state index in [0.29, 0.717) is 18.9 Å². The van der Waals surface area contributed by atoms with Crippen molar-refractivity contribution in [3.8, 4) is 0 Å². The number of hydrogen-bond donors (Lipinski definition) is 1. The molecule has 1 aliphatic heterocycles. The van der Waals surface area contributed by atoms with Gasteiger partial charge in [0, 0.05) is 25.2 Å². The second-order valence-corrected chi connectivity index (χ2v) is 5.58. The van der Waals surface area contributed by atoms with Crippen molar-refractivity contribution >= 4 is 0 Å². The summed E-state index contributed by atoms with van der Waals surface area (Å²) >= 11 is 0. The number of halogens is 3. The SMILES string of the molecule is NC1CCCCC1N1CCn2c(nnc2C(F)(F)F)C1. The highest BCUT2D eigenvalue weighted by atomic mass is 19.4. The fourth-order valence-electron chi connectivity index (χ4n) is 3.26. The van der Waals surface area contributed by atoms with E-state index < -0.39 is 12.0 Å². The van der Waals surface area contributed by atoms with Gasteiger partial charge in [0.2, 0.25) is 5.82 Å². The van der Waals surface area contributed by atoms with E-state index in [2.05, 4.69) is 15.1 Å². The van der Waals surface area contributed by atoms with Gasteiger partial charge in [0.15, 0.2) is 0 Å². The lowest BCUT2D eigenvalue weighted by Crippen LogP contribution is -2.52. The topological polar surface area (TPSA) is 60.0 Å². The van der Waals surface area contributed by atoms with Gasteiger partial charge >= 0.3 is 6.18 Å². The van der Waals surface area contributed by atoms with Crippen LogP contribution in [0.1, 0.15) is 37.3 Å². The fourth-order valence-corrected chi connectivity index (χ4v) is 3.26. The monoisotopic (exact) mass is 289 g/mol. The minimum Gasteiger partial charge on any atom is -0.326 e. The summed E-state index contributed by atoms with van der Waals surface area (Å²) in [4.78, 5) is 2.16. The first-order valence-corrected chi connectivity index (χ1v) is 6.95. The van der Waals surface area contributed by atoms with Crippen LogP contribution in [0.15, 0.2) is 0 Å². The minimum absolute atomic E-state index is 0.111. The van der Waals surface area contributed by atoms with Crippen LogP contribution in [0, 0.1) is 0 Å². The third-order valence-electron chi connectivity index (χ3n) is 4.29. The summed E-state index contributed by atoms with van der Waals surface area (Å²) in [5.74, 6) is -0.499. The smallest absolute Gasteiger partial charge is 0.326 e. The second kappa shape index (κ2) is 5.00. The van der Waals surface area contributed by atoms with Crippen molar-refractivity contribution in [3.63, 3.8) is 0 Å². The molecule has 2 atom stereocenters. The van der Waals surface area contributed by atoms with E-state index in [1.165, 1.54) is 4.57 Å². The Morgan fingerprint density at radius 1 is 1.10 bits per heavy atom. The van der Waals surface area contributed by atoms with Crippen LogP contribution in [0.5, 0.6) is 0 Å². The van der Waals surface area contributed by atoms with E-state index in [1.807, 2.05) is 0 Å². The minimum atomic E-state index is -4.44. The van der Waals surface area contributed by atoms with E-state index in [9.17, 15) is 13.2 Å². The molecule has 1 aromatic heterocycles. The predicted octanol–water partition coefficient (Wildman–Crippen LogP) is 1.38. The Hall–Kier alpha value is -1.15. The third-order valence-corrected chi connectivity index (χ3v) is 4.29. The van der Waals surface area contributed by atoms with Gasteiger partial charge in [-0.3, -0.25) is 4.90 Å². The van der Waals surface area contributed by atoms with Crippen molar-refractivity contribution in [2.24, 2.45) is 5.73 Å². The number of alkyl halides is 3. The average Bonchev–Trinajstić information content (AvgIpc) is 2.82. The van der Waals surface area contributed by atoms with E-state index in [1.54, 1.807) is 0 Å². The van der Waals surface area contributed by atoms with Gasteiger partial charge in [-0.15, -0.1) is 10.2 Å². The number of nitrogens with zero attached hydrogens (tertiary/aromatic N) is 4. The maximum atomic E-state index is 12.8. The Kier molecular flexibility index (Phi) is 3.45. The number of aromatic nitrogens is 3. The molecule has 8 heteroatoms. The lowest BCUT2D eigenvalue weighted by atomic mass is 9.89. The molecule has 2 heterocycles.